The third kappa shape index (κ3) is 2.35. The lowest BCUT2D eigenvalue weighted by molar-refractivity contribution is 0.356. The van der Waals surface area contributed by atoms with Crippen molar-refractivity contribution in [1.29, 1.82) is 0 Å². The first-order valence-electron chi connectivity index (χ1n) is 5.95. The number of hydrogen-bond donors (Lipinski definition) is 1. The van der Waals surface area contributed by atoms with Gasteiger partial charge in [-0.25, -0.2) is 4.98 Å². The van der Waals surface area contributed by atoms with Crippen molar-refractivity contribution in [3.8, 4) is 0 Å². The Hall–Kier alpha value is -1.09. The molecule has 1 aliphatic heterocycles. The van der Waals surface area contributed by atoms with Crippen LogP contribution in [0.5, 0.6) is 0 Å². The van der Waals surface area contributed by atoms with Crippen LogP contribution in [0.25, 0.3) is 0 Å². The molecule has 1 aliphatic rings. The Morgan fingerprint density at radius 2 is 2.31 bits per heavy atom. The molecule has 1 N–H and O–H groups in total. The number of anilines is 1. The molecule has 0 bridgehead atoms. The van der Waals surface area contributed by atoms with Gasteiger partial charge in [0.15, 0.2) is 0 Å². The fourth-order valence-corrected chi connectivity index (χ4v) is 2.44. The predicted octanol–water partition coefficient (Wildman–Crippen LogP) is 1.83. The number of nitrogens with zero attached hydrogens (tertiary/aromatic N) is 2. The molecular formula is C13H21N3. The molecule has 0 radical (unpaired) electrons. The molecule has 2 rings (SSSR count). The quantitative estimate of drug-likeness (QED) is 0.840. The van der Waals surface area contributed by atoms with Gasteiger partial charge in [-0.1, -0.05) is 13.0 Å². The summed E-state index contributed by atoms with van der Waals surface area (Å²) in [5, 5.41) is 3.28. The molecule has 0 aromatic carbocycles. The topological polar surface area (TPSA) is 28.2 Å². The molecule has 1 unspecified atom stereocenters. The Morgan fingerprint density at radius 1 is 1.50 bits per heavy atom. The maximum absolute atomic E-state index is 4.49. The van der Waals surface area contributed by atoms with Crippen LogP contribution in [0.1, 0.15) is 18.9 Å². The SMILES string of the molecule is CNCC1(C)CCN(c2ccc(C)cn2)C1. The predicted molar refractivity (Wildman–Crippen MR) is 67.8 cm³/mol. The molecule has 16 heavy (non-hydrogen) atoms. The van der Waals surface area contributed by atoms with Crippen molar-refractivity contribution in [3.63, 3.8) is 0 Å². The first-order valence-corrected chi connectivity index (χ1v) is 5.95. The van der Waals surface area contributed by atoms with Crippen LogP contribution in [0.4, 0.5) is 5.82 Å². The third-order valence-electron chi connectivity index (χ3n) is 3.38. The van der Waals surface area contributed by atoms with E-state index in [1.807, 2.05) is 13.2 Å². The Morgan fingerprint density at radius 3 is 2.94 bits per heavy atom. The minimum atomic E-state index is 0.390. The first kappa shape index (κ1) is 11.4. The van der Waals surface area contributed by atoms with Gasteiger partial charge < -0.3 is 10.2 Å². The van der Waals surface area contributed by atoms with E-state index >= 15 is 0 Å². The van der Waals surface area contributed by atoms with E-state index < -0.39 is 0 Å². The highest BCUT2D eigenvalue weighted by molar-refractivity contribution is 5.41. The molecule has 1 saturated heterocycles. The van der Waals surface area contributed by atoms with Crippen LogP contribution >= 0.6 is 0 Å². The second-order valence-corrected chi connectivity index (χ2v) is 5.21. The maximum Gasteiger partial charge on any atom is 0.128 e. The minimum Gasteiger partial charge on any atom is -0.356 e. The molecule has 0 spiro atoms. The van der Waals surface area contributed by atoms with Crippen molar-refractivity contribution >= 4 is 5.82 Å². The van der Waals surface area contributed by atoms with Gasteiger partial charge in [-0.15, -0.1) is 0 Å². The van der Waals surface area contributed by atoms with Crippen LogP contribution in [-0.2, 0) is 0 Å². The zero-order valence-electron chi connectivity index (χ0n) is 10.5. The maximum atomic E-state index is 4.49. The van der Waals surface area contributed by atoms with E-state index in [1.54, 1.807) is 0 Å². The lowest BCUT2D eigenvalue weighted by Crippen LogP contribution is -2.33. The smallest absolute Gasteiger partial charge is 0.128 e. The van der Waals surface area contributed by atoms with Crippen molar-refractivity contribution in [2.45, 2.75) is 20.3 Å². The minimum absolute atomic E-state index is 0.390. The highest BCUT2D eigenvalue weighted by Gasteiger charge is 2.33. The van der Waals surface area contributed by atoms with Crippen molar-refractivity contribution < 1.29 is 0 Å². The van der Waals surface area contributed by atoms with E-state index in [-0.39, 0.29) is 0 Å². The Kier molecular flexibility index (Phi) is 3.15. The second-order valence-electron chi connectivity index (χ2n) is 5.21. The van der Waals surface area contributed by atoms with Gasteiger partial charge in [-0.05, 0) is 37.4 Å². The Labute approximate surface area is 97.9 Å². The van der Waals surface area contributed by atoms with Crippen molar-refractivity contribution in [2.75, 3.05) is 31.6 Å². The van der Waals surface area contributed by atoms with Crippen LogP contribution in [0.3, 0.4) is 0 Å². The van der Waals surface area contributed by atoms with Gasteiger partial charge in [0.05, 0.1) is 0 Å². The van der Waals surface area contributed by atoms with Gasteiger partial charge in [0, 0.05) is 25.8 Å². The van der Waals surface area contributed by atoms with Crippen molar-refractivity contribution in [3.05, 3.63) is 23.9 Å². The Balaban J connectivity index is 2.06. The molecule has 0 saturated carbocycles. The fraction of sp³-hybridized carbons (Fsp3) is 0.615. The third-order valence-corrected chi connectivity index (χ3v) is 3.38. The summed E-state index contributed by atoms with van der Waals surface area (Å²) in [6.07, 6.45) is 3.19. The van der Waals surface area contributed by atoms with Crippen LogP contribution < -0.4 is 10.2 Å². The van der Waals surface area contributed by atoms with Gasteiger partial charge in [-0.2, -0.15) is 0 Å². The highest BCUT2D eigenvalue weighted by atomic mass is 15.2. The summed E-state index contributed by atoms with van der Waals surface area (Å²) in [7, 11) is 2.03. The number of pyridine rings is 1. The molecule has 2 heterocycles. The van der Waals surface area contributed by atoms with E-state index in [2.05, 4.69) is 41.2 Å². The van der Waals surface area contributed by atoms with E-state index in [9.17, 15) is 0 Å². The molecule has 88 valence electrons. The number of rotatable bonds is 3. The van der Waals surface area contributed by atoms with E-state index in [1.165, 1.54) is 12.0 Å². The molecule has 1 aromatic rings. The number of nitrogens with one attached hydrogen (secondary N) is 1. The van der Waals surface area contributed by atoms with Crippen LogP contribution in [-0.4, -0.2) is 31.7 Å². The van der Waals surface area contributed by atoms with Gasteiger partial charge >= 0.3 is 0 Å². The largest absolute Gasteiger partial charge is 0.356 e. The summed E-state index contributed by atoms with van der Waals surface area (Å²) < 4.78 is 0. The average molecular weight is 219 g/mol. The molecule has 1 fully saturated rings. The molecule has 1 aromatic heterocycles. The number of aryl methyl sites for hydroxylation is 1. The van der Waals surface area contributed by atoms with E-state index in [4.69, 9.17) is 0 Å². The lowest BCUT2D eigenvalue weighted by atomic mass is 9.90. The monoisotopic (exact) mass is 219 g/mol. The molecular weight excluding hydrogens is 198 g/mol. The van der Waals surface area contributed by atoms with Gasteiger partial charge in [-0.3, -0.25) is 0 Å². The van der Waals surface area contributed by atoms with E-state index in [0.29, 0.717) is 5.41 Å². The average Bonchev–Trinajstić information content (AvgIpc) is 2.62. The summed E-state index contributed by atoms with van der Waals surface area (Å²) in [4.78, 5) is 6.88. The molecule has 1 atom stereocenters. The summed E-state index contributed by atoms with van der Waals surface area (Å²) in [6, 6.07) is 4.26. The summed E-state index contributed by atoms with van der Waals surface area (Å²) in [5.41, 5.74) is 1.61. The van der Waals surface area contributed by atoms with Crippen LogP contribution in [0, 0.1) is 12.3 Å². The normalized spacial score (nSPS) is 25.1. The van der Waals surface area contributed by atoms with Crippen molar-refractivity contribution in [2.24, 2.45) is 5.41 Å². The molecule has 3 nitrogen and oxygen atoms in total. The van der Waals surface area contributed by atoms with Gasteiger partial charge in [0.2, 0.25) is 0 Å². The van der Waals surface area contributed by atoms with Crippen LogP contribution in [0.15, 0.2) is 18.3 Å². The highest BCUT2D eigenvalue weighted by Crippen LogP contribution is 2.31. The molecule has 3 heteroatoms. The zero-order valence-corrected chi connectivity index (χ0v) is 10.5. The number of hydrogen-bond acceptors (Lipinski definition) is 3. The molecule has 0 aliphatic carbocycles. The van der Waals surface area contributed by atoms with Gasteiger partial charge in [0.25, 0.3) is 0 Å². The summed E-state index contributed by atoms with van der Waals surface area (Å²) in [5.74, 6) is 1.12. The summed E-state index contributed by atoms with van der Waals surface area (Å²) in [6.45, 7) is 7.72. The van der Waals surface area contributed by atoms with E-state index in [0.717, 1.165) is 25.5 Å². The fourth-order valence-electron chi connectivity index (χ4n) is 2.44. The summed E-state index contributed by atoms with van der Waals surface area (Å²) >= 11 is 0. The standard InChI is InChI=1S/C13H21N3/c1-11-4-5-12(15-8-11)16-7-6-13(2,10-16)9-14-3/h4-5,8,14H,6-7,9-10H2,1-3H3. The Bertz CT molecular complexity index is 347. The zero-order chi connectivity index (χ0) is 11.6. The number of aromatic nitrogens is 1. The lowest BCUT2D eigenvalue weighted by Gasteiger charge is -2.24. The van der Waals surface area contributed by atoms with Gasteiger partial charge in [0.1, 0.15) is 5.82 Å². The van der Waals surface area contributed by atoms with Crippen LogP contribution in [0.2, 0.25) is 0 Å². The molecule has 0 amide bonds. The second kappa shape index (κ2) is 4.42. The first-order chi connectivity index (χ1) is 7.63. The van der Waals surface area contributed by atoms with Crippen molar-refractivity contribution in [1.82, 2.24) is 10.3 Å².